The van der Waals surface area contributed by atoms with Crippen LogP contribution in [0, 0.1) is 5.92 Å². The van der Waals surface area contributed by atoms with Gasteiger partial charge < -0.3 is 16.0 Å². The van der Waals surface area contributed by atoms with Crippen molar-refractivity contribution in [3.05, 3.63) is 59.7 Å². The normalized spacial score (nSPS) is 16.1. The molecule has 1 saturated heterocycles. The summed E-state index contributed by atoms with van der Waals surface area (Å²) < 4.78 is 0. The molecule has 0 aliphatic carbocycles. The van der Waals surface area contributed by atoms with E-state index < -0.39 is 0 Å². The Morgan fingerprint density at radius 1 is 1.04 bits per heavy atom. The van der Waals surface area contributed by atoms with Crippen LogP contribution >= 0.6 is 0 Å². The Kier molecular flexibility index (Phi) is 6.69. The second kappa shape index (κ2) is 9.40. The zero-order valence-corrected chi connectivity index (χ0v) is 16.6. The third kappa shape index (κ3) is 5.12. The molecule has 0 bridgehead atoms. The van der Waals surface area contributed by atoms with Crippen molar-refractivity contribution in [3.63, 3.8) is 0 Å². The van der Waals surface area contributed by atoms with E-state index >= 15 is 0 Å². The van der Waals surface area contributed by atoms with Gasteiger partial charge in [0.05, 0.1) is 5.92 Å². The van der Waals surface area contributed by atoms with Gasteiger partial charge in [0.15, 0.2) is 0 Å². The Labute approximate surface area is 166 Å². The molecule has 1 heterocycles. The smallest absolute Gasteiger partial charge is 0.225 e. The highest BCUT2D eigenvalue weighted by Gasteiger charge is 2.27. The third-order valence-corrected chi connectivity index (χ3v) is 5.43. The van der Waals surface area contributed by atoms with Crippen LogP contribution in [0.25, 0.3) is 0 Å². The Hall–Kier alpha value is -2.82. The molecule has 0 saturated carbocycles. The lowest BCUT2D eigenvalue weighted by molar-refractivity contribution is -0.126. The molecule has 0 radical (unpaired) electrons. The predicted octanol–water partition coefficient (Wildman–Crippen LogP) is 4.09. The van der Waals surface area contributed by atoms with Gasteiger partial charge in [0.2, 0.25) is 11.8 Å². The molecule has 2 amide bonds. The van der Waals surface area contributed by atoms with E-state index in [2.05, 4.69) is 54.1 Å². The van der Waals surface area contributed by atoms with Gasteiger partial charge >= 0.3 is 0 Å². The molecule has 0 aromatic heterocycles. The maximum Gasteiger partial charge on any atom is 0.225 e. The molecule has 1 aliphatic heterocycles. The second-order valence-corrected chi connectivity index (χ2v) is 7.38. The summed E-state index contributed by atoms with van der Waals surface area (Å²) >= 11 is 0. The van der Waals surface area contributed by atoms with E-state index in [1.54, 1.807) is 0 Å². The van der Waals surface area contributed by atoms with Gasteiger partial charge in [-0.05, 0) is 54.2 Å². The number of hydrogen-bond donors (Lipinski definition) is 3. The molecule has 1 atom stereocenters. The van der Waals surface area contributed by atoms with Crippen molar-refractivity contribution >= 4 is 23.2 Å². The van der Waals surface area contributed by atoms with E-state index in [0.29, 0.717) is 19.0 Å². The topological polar surface area (TPSA) is 70.2 Å². The Balaban J connectivity index is 1.51. The molecular weight excluding hydrogens is 350 g/mol. The van der Waals surface area contributed by atoms with Gasteiger partial charge in [0, 0.05) is 30.9 Å². The van der Waals surface area contributed by atoms with Crippen molar-refractivity contribution in [1.82, 2.24) is 10.6 Å². The average Bonchev–Trinajstić information content (AvgIpc) is 3.16. The molecule has 1 aliphatic rings. The quantitative estimate of drug-likeness (QED) is 0.647. The fourth-order valence-corrected chi connectivity index (χ4v) is 3.60. The monoisotopic (exact) mass is 379 g/mol. The minimum Gasteiger partial charge on any atom is -0.356 e. The predicted molar refractivity (Wildman–Crippen MR) is 112 cm³/mol. The van der Waals surface area contributed by atoms with Gasteiger partial charge in [0.25, 0.3) is 0 Å². The summed E-state index contributed by atoms with van der Waals surface area (Å²) in [7, 11) is 0. The highest BCUT2D eigenvalue weighted by atomic mass is 16.2. The van der Waals surface area contributed by atoms with Gasteiger partial charge in [0.1, 0.15) is 0 Å². The van der Waals surface area contributed by atoms with E-state index in [9.17, 15) is 9.59 Å². The summed E-state index contributed by atoms with van der Waals surface area (Å²) in [6.45, 7) is 5.36. The van der Waals surface area contributed by atoms with E-state index in [1.165, 1.54) is 5.56 Å². The lowest BCUT2D eigenvalue weighted by Crippen LogP contribution is -2.31. The van der Waals surface area contributed by atoms with Crippen molar-refractivity contribution in [2.75, 3.05) is 11.9 Å². The number of carbonyl (C=O) groups is 2. The first-order valence-corrected chi connectivity index (χ1v) is 10.1. The Bertz CT molecular complexity index is 796. The highest BCUT2D eigenvalue weighted by Crippen LogP contribution is 2.25. The summed E-state index contributed by atoms with van der Waals surface area (Å²) in [5.74, 6) is 0.250. The van der Waals surface area contributed by atoms with Crippen LogP contribution in [0.2, 0.25) is 0 Å². The fraction of sp³-hybridized carbons (Fsp3) is 0.391. The number of nitrogens with one attached hydrogen (secondary N) is 3. The van der Waals surface area contributed by atoms with E-state index in [1.807, 2.05) is 24.3 Å². The van der Waals surface area contributed by atoms with Gasteiger partial charge in [-0.15, -0.1) is 0 Å². The fourth-order valence-electron chi connectivity index (χ4n) is 3.60. The summed E-state index contributed by atoms with van der Waals surface area (Å²) in [6.07, 6.45) is 2.61. The largest absolute Gasteiger partial charge is 0.356 e. The van der Waals surface area contributed by atoms with Crippen LogP contribution in [0.4, 0.5) is 11.4 Å². The number of amides is 2. The summed E-state index contributed by atoms with van der Waals surface area (Å²) in [4.78, 5) is 23.3. The maximum absolute atomic E-state index is 12.1. The van der Waals surface area contributed by atoms with Crippen molar-refractivity contribution in [2.24, 2.45) is 5.92 Å². The number of benzene rings is 2. The summed E-state index contributed by atoms with van der Waals surface area (Å²) in [5, 5.41) is 9.01. The van der Waals surface area contributed by atoms with Crippen molar-refractivity contribution < 1.29 is 9.59 Å². The van der Waals surface area contributed by atoms with E-state index in [4.69, 9.17) is 0 Å². The van der Waals surface area contributed by atoms with Crippen LogP contribution < -0.4 is 16.0 Å². The highest BCUT2D eigenvalue weighted by molar-refractivity contribution is 5.89. The molecule has 148 valence electrons. The van der Waals surface area contributed by atoms with E-state index in [0.717, 1.165) is 29.8 Å². The summed E-state index contributed by atoms with van der Waals surface area (Å²) in [6, 6.07) is 16.7. The van der Waals surface area contributed by atoms with Crippen molar-refractivity contribution in [1.29, 1.82) is 0 Å². The van der Waals surface area contributed by atoms with Crippen LogP contribution in [0.3, 0.4) is 0 Å². The molecule has 3 N–H and O–H groups in total. The van der Waals surface area contributed by atoms with Crippen molar-refractivity contribution in [3.8, 4) is 0 Å². The molecule has 1 unspecified atom stereocenters. The molecule has 3 rings (SSSR count). The minimum atomic E-state index is -0.253. The minimum absolute atomic E-state index is 0.0523. The number of carbonyl (C=O) groups excluding carboxylic acids is 2. The second-order valence-electron chi connectivity index (χ2n) is 7.38. The number of hydrogen-bond acceptors (Lipinski definition) is 3. The SMILES string of the molecule is CCC(CC)c1ccc(Nc2ccc(CNC(=O)C3CNC(=O)C3)cc2)cc1. The van der Waals surface area contributed by atoms with Gasteiger partial charge in [-0.25, -0.2) is 0 Å². The average molecular weight is 380 g/mol. The van der Waals surface area contributed by atoms with Crippen LogP contribution in [-0.4, -0.2) is 18.4 Å². The van der Waals surface area contributed by atoms with Crippen LogP contribution in [0.5, 0.6) is 0 Å². The van der Waals surface area contributed by atoms with Crippen molar-refractivity contribution in [2.45, 2.75) is 45.6 Å². The molecule has 5 heteroatoms. The van der Waals surface area contributed by atoms with Gasteiger partial charge in [-0.1, -0.05) is 38.1 Å². The van der Waals surface area contributed by atoms with Crippen LogP contribution in [-0.2, 0) is 16.1 Å². The van der Waals surface area contributed by atoms with E-state index in [-0.39, 0.29) is 24.2 Å². The Morgan fingerprint density at radius 2 is 1.64 bits per heavy atom. The molecule has 1 fully saturated rings. The lowest BCUT2D eigenvalue weighted by Gasteiger charge is -2.14. The number of anilines is 2. The molecule has 0 spiro atoms. The zero-order chi connectivity index (χ0) is 19.9. The zero-order valence-electron chi connectivity index (χ0n) is 16.6. The molecule has 5 nitrogen and oxygen atoms in total. The van der Waals surface area contributed by atoms with Gasteiger partial charge in [-0.2, -0.15) is 0 Å². The third-order valence-electron chi connectivity index (χ3n) is 5.43. The first-order valence-electron chi connectivity index (χ1n) is 10.1. The molecular formula is C23H29N3O2. The molecule has 2 aromatic rings. The molecule has 2 aromatic carbocycles. The summed E-state index contributed by atoms with van der Waals surface area (Å²) in [5.41, 5.74) is 4.49. The standard InChI is InChI=1S/C23H29N3O2/c1-3-17(4-2)18-7-11-21(12-8-18)26-20-9-5-16(6-10-20)14-25-23(28)19-13-22(27)24-15-19/h5-12,17,19,26H,3-4,13-15H2,1-2H3,(H,24,27)(H,25,28). The first-order chi connectivity index (χ1) is 13.6. The first kappa shape index (κ1) is 19.9. The maximum atomic E-state index is 12.1. The van der Waals surface area contributed by atoms with Gasteiger partial charge in [-0.3, -0.25) is 9.59 Å². The Morgan fingerprint density at radius 3 is 2.18 bits per heavy atom. The van der Waals surface area contributed by atoms with Crippen LogP contribution in [0.15, 0.2) is 48.5 Å². The van der Waals surface area contributed by atoms with Crippen LogP contribution in [0.1, 0.15) is 50.2 Å². The molecule has 28 heavy (non-hydrogen) atoms. The lowest BCUT2D eigenvalue weighted by atomic mass is 9.94. The number of rotatable bonds is 8.